The summed E-state index contributed by atoms with van der Waals surface area (Å²) in [4.78, 5) is 4.09. The first-order valence-corrected chi connectivity index (χ1v) is 3.75. The molecule has 0 unspecified atom stereocenters. The van der Waals surface area contributed by atoms with Crippen molar-refractivity contribution in [1.82, 2.24) is 0 Å². The zero-order valence-corrected chi connectivity index (χ0v) is 6.05. The molecule has 1 heterocycles. The molecule has 3 heteroatoms. The number of hydrogen-bond acceptors (Lipinski definition) is 2. The Morgan fingerprint density at radius 2 is 2.67 bits per heavy atom. The molecule has 0 N–H and O–H groups in total. The van der Waals surface area contributed by atoms with Crippen molar-refractivity contribution in [2.45, 2.75) is 0 Å². The van der Waals surface area contributed by atoms with E-state index in [0.29, 0.717) is 0 Å². The summed E-state index contributed by atoms with van der Waals surface area (Å²) in [6.07, 6.45) is 0. The van der Waals surface area contributed by atoms with Crippen molar-refractivity contribution in [1.29, 1.82) is 0 Å². The predicted molar refractivity (Wildman–Crippen MR) is 24.8 cm³/mol. The van der Waals surface area contributed by atoms with Crippen molar-refractivity contribution in [2.75, 3.05) is 12.3 Å². The van der Waals surface area contributed by atoms with E-state index in [2.05, 4.69) is 26.1 Å². The number of hydrogen-bond donors (Lipinski definition) is 0. The van der Waals surface area contributed by atoms with Crippen molar-refractivity contribution >= 4 is 15.0 Å². The first-order chi connectivity index (χ1) is 2.89. The van der Waals surface area contributed by atoms with Gasteiger partial charge in [0.1, 0.15) is 0 Å². The van der Waals surface area contributed by atoms with Gasteiger partial charge in [0.15, 0.2) is 0 Å². The molecule has 1 aliphatic rings. The number of rotatable bonds is 0. The van der Waals surface area contributed by atoms with Crippen LogP contribution in [0.2, 0.25) is 0 Å². The molecule has 0 bridgehead atoms. The van der Waals surface area contributed by atoms with E-state index in [1.54, 1.807) is 0 Å². The Labute approximate surface area is 53.5 Å². The van der Waals surface area contributed by atoms with Gasteiger partial charge in [-0.25, -0.2) is 0 Å². The summed E-state index contributed by atoms with van der Waals surface area (Å²) in [6, 6.07) is 0. The minimum absolute atomic E-state index is 1.02. The molecule has 0 radical (unpaired) electrons. The fourth-order valence-electron chi connectivity index (χ4n) is 0.293. The van der Waals surface area contributed by atoms with Crippen LogP contribution in [0, 0.1) is 0 Å². The second-order valence-electron chi connectivity index (χ2n) is 0.950. The summed E-state index contributed by atoms with van der Waals surface area (Å²) >= 11 is 4.23. The van der Waals surface area contributed by atoms with Crippen LogP contribution in [0.1, 0.15) is 0 Å². The average Bonchev–Trinajstić information content (AvgIpc) is 1.86. The van der Waals surface area contributed by atoms with Gasteiger partial charge in [-0.3, -0.25) is 0 Å². The van der Waals surface area contributed by atoms with E-state index in [4.69, 9.17) is 0 Å². The van der Waals surface area contributed by atoms with Gasteiger partial charge in [-0.15, -0.1) is 0 Å². The molecule has 1 aliphatic heterocycles. The standard InChI is InChI=1S/C3H4NS.Au/c1-2-5-3-4-1;/h1-2H2;. The Morgan fingerprint density at radius 1 is 1.83 bits per heavy atom. The van der Waals surface area contributed by atoms with E-state index in [9.17, 15) is 0 Å². The number of aliphatic imine (C=N–C) groups is 1. The Hall–Kier alpha value is 0.760. The summed E-state index contributed by atoms with van der Waals surface area (Å²) < 4.78 is 1.19. The molecular formula is C3H4AuNS. The number of thioether (sulfide) groups is 1. The predicted octanol–water partition coefficient (Wildman–Crippen LogP) is 0.636. The first-order valence-electron chi connectivity index (χ1n) is 1.68. The number of nitrogens with zero attached hydrogens (tertiary/aromatic N) is 1. The van der Waals surface area contributed by atoms with Gasteiger partial charge in [0, 0.05) is 0 Å². The van der Waals surface area contributed by atoms with E-state index in [1.165, 1.54) is 9.01 Å². The Bertz CT molecular complexity index is 80.9. The molecule has 0 aromatic rings. The fourth-order valence-corrected chi connectivity index (χ4v) is 1.72. The van der Waals surface area contributed by atoms with E-state index in [0.717, 1.165) is 6.54 Å². The molecule has 38 valence electrons. The van der Waals surface area contributed by atoms with Crippen molar-refractivity contribution in [3.63, 3.8) is 0 Å². The van der Waals surface area contributed by atoms with E-state index in [1.807, 2.05) is 11.8 Å². The van der Waals surface area contributed by atoms with Crippen molar-refractivity contribution < 1.29 is 21.1 Å². The van der Waals surface area contributed by atoms with Gasteiger partial charge in [0.2, 0.25) is 0 Å². The third kappa shape index (κ3) is 1.12. The summed E-state index contributed by atoms with van der Waals surface area (Å²) in [7, 11) is 0. The zero-order chi connectivity index (χ0) is 4.41. The third-order valence-corrected chi connectivity index (χ3v) is 2.54. The fraction of sp³-hybridized carbons (Fsp3) is 0.667. The molecule has 0 saturated heterocycles. The summed E-state index contributed by atoms with van der Waals surface area (Å²) in [6.45, 7) is 1.02. The van der Waals surface area contributed by atoms with Crippen LogP contribution >= 0.6 is 11.8 Å². The summed E-state index contributed by atoms with van der Waals surface area (Å²) in [5, 5.41) is 0. The topological polar surface area (TPSA) is 12.4 Å². The van der Waals surface area contributed by atoms with Gasteiger partial charge in [-0.05, 0) is 0 Å². The SMILES string of the molecule is [Au][C]1=NCCS1. The molecule has 6 heavy (non-hydrogen) atoms. The molecule has 0 atom stereocenters. The second-order valence-corrected chi connectivity index (χ2v) is 3.76. The van der Waals surface area contributed by atoms with Crippen LogP contribution in [-0.4, -0.2) is 15.6 Å². The molecule has 0 saturated carbocycles. The normalized spacial score (nSPS) is 21.3. The molecule has 0 aromatic carbocycles. The van der Waals surface area contributed by atoms with Crippen LogP contribution in [0.15, 0.2) is 4.99 Å². The summed E-state index contributed by atoms with van der Waals surface area (Å²) in [5.41, 5.74) is 0. The monoisotopic (exact) mass is 283 g/mol. The van der Waals surface area contributed by atoms with Gasteiger partial charge in [-0.2, -0.15) is 0 Å². The van der Waals surface area contributed by atoms with Crippen LogP contribution in [0.5, 0.6) is 0 Å². The quantitative estimate of drug-likeness (QED) is 0.594. The average molecular weight is 283 g/mol. The minimum atomic E-state index is 1.02. The Morgan fingerprint density at radius 3 is 2.83 bits per heavy atom. The van der Waals surface area contributed by atoms with E-state index >= 15 is 0 Å². The molecule has 0 aromatic heterocycles. The van der Waals surface area contributed by atoms with E-state index in [-0.39, 0.29) is 0 Å². The van der Waals surface area contributed by atoms with E-state index < -0.39 is 0 Å². The van der Waals surface area contributed by atoms with Crippen molar-refractivity contribution in [3.8, 4) is 0 Å². The third-order valence-electron chi connectivity index (χ3n) is 0.525. The van der Waals surface area contributed by atoms with Crippen LogP contribution < -0.4 is 0 Å². The van der Waals surface area contributed by atoms with Gasteiger partial charge >= 0.3 is 53.4 Å². The van der Waals surface area contributed by atoms with Crippen LogP contribution in [0.25, 0.3) is 0 Å². The second kappa shape index (κ2) is 2.17. The molecular weight excluding hydrogens is 279 g/mol. The van der Waals surface area contributed by atoms with Crippen molar-refractivity contribution in [2.24, 2.45) is 4.99 Å². The Kier molecular flexibility index (Phi) is 1.77. The van der Waals surface area contributed by atoms with Gasteiger partial charge < -0.3 is 0 Å². The molecule has 0 aliphatic carbocycles. The van der Waals surface area contributed by atoms with Crippen LogP contribution in [0.4, 0.5) is 0 Å². The molecule has 1 nitrogen and oxygen atoms in total. The molecule has 0 fully saturated rings. The molecule has 0 spiro atoms. The van der Waals surface area contributed by atoms with Gasteiger partial charge in [0.25, 0.3) is 0 Å². The Balaban J connectivity index is 2.45. The van der Waals surface area contributed by atoms with Gasteiger partial charge in [0.05, 0.1) is 0 Å². The molecule has 1 rings (SSSR count). The summed E-state index contributed by atoms with van der Waals surface area (Å²) in [5.74, 6) is 1.19. The molecule has 0 amide bonds. The van der Waals surface area contributed by atoms with Crippen molar-refractivity contribution in [3.05, 3.63) is 0 Å². The first kappa shape index (κ1) is 4.91. The van der Waals surface area contributed by atoms with Crippen LogP contribution in [-0.2, 0) is 21.1 Å². The van der Waals surface area contributed by atoms with Crippen LogP contribution in [0.3, 0.4) is 0 Å². The van der Waals surface area contributed by atoms with Gasteiger partial charge in [-0.1, -0.05) is 0 Å². The zero-order valence-electron chi connectivity index (χ0n) is 3.07. The maximum atomic E-state index is 4.09. The maximum absolute atomic E-state index is 4.09.